The zero-order valence-electron chi connectivity index (χ0n) is 18.6. The number of hydrogen-bond acceptors (Lipinski definition) is 5. The van der Waals surface area contributed by atoms with Gasteiger partial charge in [0, 0.05) is 48.0 Å². The summed E-state index contributed by atoms with van der Waals surface area (Å²) in [5, 5.41) is 5.26. The molecule has 0 saturated heterocycles. The standard InChI is InChI=1S/C25H25F2N5S/c1-16-4-3-5-18(10-16)25-30-23-8-9-31(13-24(23)33-25)17(2)21(12-32-15-28-14-29-32)20-7-6-19(26)11-22(20)27/h3-7,10-11,14-15,17,21H,8-9,12-13H2,1-2H3. The lowest BCUT2D eigenvalue weighted by atomic mass is 9.90. The van der Waals surface area contributed by atoms with E-state index in [1.807, 2.05) is 0 Å². The number of aryl methyl sites for hydroxylation is 1. The summed E-state index contributed by atoms with van der Waals surface area (Å²) in [4.78, 5) is 12.6. The summed E-state index contributed by atoms with van der Waals surface area (Å²) in [7, 11) is 0. The van der Waals surface area contributed by atoms with Crippen LogP contribution in [0.3, 0.4) is 0 Å². The van der Waals surface area contributed by atoms with Crippen LogP contribution in [0.4, 0.5) is 8.78 Å². The monoisotopic (exact) mass is 465 g/mol. The molecule has 8 heteroatoms. The van der Waals surface area contributed by atoms with Crippen LogP contribution in [-0.2, 0) is 19.5 Å². The third-order valence-corrected chi connectivity index (χ3v) is 7.53. The Morgan fingerprint density at radius 3 is 2.79 bits per heavy atom. The Hall–Kier alpha value is -2.97. The van der Waals surface area contributed by atoms with E-state index in [-0.39, 0.29) is 12.0 Å². The summed E-state index contributed by atoms with van der Waals surface area (Å²) in [6.45, 7) is 6.25. The molecule has 1 aliphatic rings. The van der Waals surface area contributed by atoms with Crippen molar-refractivity contribution >= 4 is 11.3 Å². The van der Waals surface area contributed by atoms with Crippen LogP contribution in [-0.4, -0.2) is 37.2 Å². The Kier molecular flexibility index (Phi) is 6.03. The largest absolute Gasteiger partial charge is 0.294 e. The van der Waals surface area contributed by atoms with Crippen LogP contribution < -0.4 is 0 Å². The highest BCUT2D eigenvalue weighted by molar-refractivity contribution is 7.15. The van der Waals surface area contributed by atoms with Crippen LogP contribution in [0.2, 0.25) is 0 Å². The molecule has 0 spiro atoms. The molecule has 0 saturated carbocycles. The number of nitrogens with zero attached hydrogens (tertiary/aromatic N) is 5. The van der Waals surface area contributed by atoms with Gasteiger partial charge in [0.15, 0.2) is 0 Å². The van der Waals surface area contributed by atoms with E-state index in [1.165, 1.54) is 22.8 Å². The molecule has 0 amide bonds. The van der Waals surface area contributed by atoms with Gasteiger partial charge >= 0.3 is 0 Å². The molecule has 2 atom stereocenters. The average molecular weight is 466 g/mol. The molecular weight excluding hydrogens is 440 g/mol. The minimum atomic E-state index is -0.570. The topological polar surface area (TPSA) is 46.8 Å². The Balaban J connectivity index is 1.41. The van der Waals surface area contributed by atoms with Gasteiger partial charge in [-0.05, 0) is 31.5 Å². The number of aromatic nitrogens is 4. The molecule has 2 aromatic carbocycles. The van der Waals surface area contributed by atoms with Crippen LogP contribution in [0, 0.1) is 18.6 Å². The summed E-state index contributed by atoms with van der Waals surface area (Å²) in [6.07, 6.45) is 3.96. The highest BCUT2D eigenvalue weighted by Crippen LogP contribution is 2.35. The van der Waals surface area contributed by atoms with Crippen LogP contribution in [0.25, 0.3) is 10.6 Å². The van der Waals surface area contributed by atoms with Crippen molar-refractivity contribution in [2.75, 3.05) is 6.54 Å². The van der Waals surface area contributed by atoms with Crippen molar-refractivity contribution in [3.63, 3.8) is 0 Å². The average Bonchev–Trinajstić information content (AvgIpc) is 3.47. The molecule has 5 nitrogen and oxygen atoms in total. The molecule has 0 N–H and O–H groups in total. The molecule has 2 unspecified atom stereocenters. The Labute approximate surface area is 195 Å². The first-order valence-corrected chi connectivity index (χ1v) is 11.9. The predicted octanol–water partition coefficient (Wildman–Crippen LogP) is 5.22. The molecule has 33 heavy (non-hydrogen) atoms. The smallest absolute Gasteiger partial charge is 0.137 e. The summed E-state index contributed by atoms with van der Waals surface area (Å²) in [5.41, 5.74) is 4.01. The maximum atomic E-state index is 14.8. The molecule has 0 aliphatic carbocycles. The van der Waals surface area contributed by atoms with Gasteiger partial charge in [-0.1, -0.05) is 29.8 Å². The van der Waals surface area contributed by atoms with Crippen molar-refractivity contribution in [1.29, 1.82) is 0 Å². The summed E-state index contributed by atoms with van der Waals surface area (Å²) >= 11 is 1.73. The van der Waals surface area contributed by atoms with Gasteiger partial charge in [0.05, 0.1) is 12.2 Å². The van der Waals surface area contributed by atoms with Crippen molar-refractivity contribution in [3.8, 4) is 10.6 Å². The Bertz CT molecular complexity index is 1250. The van der Waals surface area contributed by atoms with Gasteiger partial charge in [0.25, 0.3) is 0 Å². The molecule has 0 bridgehead atoms. The Morgan fingerprint density at radius 1 is 1.15 bits per heavy atom. The van der Waals surface area contributed by atoms with Gasteiger partial charge < -0.3 is 0 Å². The summed E-state index contributed by atoms with van der Waals surface area (Å²) < 4.78 is 30.1. The normalized spacial score (nSPS) is 15.9. The summed E-state index contributed by atoms with van der Waals surface area (Å²) in [6, 6.07) is 12.3. The highest BCUT2D eigenvalue weighted by atomic mass is 32.1. The fourth-order valence-corrected chi connectivity index (χ4v) is 5.69. The van der Waals surface area contributed by atoms with Gasteiger partial charge in [0.1, 0.15) is 29.3 Å². The number of hydrogen-bond donors (Lipinski definition) is 0. The van der Waals surface area contributed by atoms with Crippen molar-refractivity contribution in [2.24, 2.45) is 0 Å². The second kappa shape index (κ2) is 9.11. The zero-order chi connectivity index (χ0) is 22.9. The number of fused-ring (bicyclic) bond motifs is 1. The van der Waals surface area contributed by atoms with Crippen molar-refractivity contribution in [2.45, 2.75) is 45.3 Å². The second-order valence-electron chi connectivity index (χ2n) is 8.61. The maximum absolute atomic E-state index is 14.8. The van der Waals surface area contributed by atoms with E-state index >= 15 is 0 Å². The van der Waals surface area contributed by atoms with Gasteiger partial charge in [-0.3, -0.25) is 9.58 Å². The molecule has 3 heterocycles. The Morgan fingerprint density at radius 2 is 2.03 bits per heavy atom. The first kappa shape index (κ1) is 21.9. The van der Waals surface area contributed by atoms with E-state index in [4.69, 9.17) is 4.98 Å². The molecular formula is C25H25F2N5S. The number of rotatable bonds is 6. The van der Waals surface area contributed by atoms with Crippen molar-refractivity contribution in [3.05, 3.63) is 88.5 Å². The lowest BCUT2D eigenvalue weighted by Gasteiger charge is -2.37. The third-order valence-electron chi connectivity index (χ3n) is 6.40. The maximum Gasteiger partial charge on any atom is 0.137 e. The van der Waals surface area contributed by atoms with Crippen LogP contribution in [0.15, 0.2) is 55.1 Å². The molecule has 5 rings (SSSR count). The molecule has 2 aromatic heterocycles. The first-order valence-electron chi connectivity index (χ1n) is 11.0. The minimum Gasteiger partial charge on any atom is -0.294 e. The number of benzene rings is 2. The first-order chi connectivity index (χ1) is 16.0. The van der Waals surface area contributed by atoms with Crippen LogP contribution >= 0.6 is 11.3 Å². The van der Waals surface area contributed by atoms with E-state index in [9.17, 15) is 8.78 Å². The van der Waals surface area contributed by atoms with Crippen LogP contribution in [0.5, 0.6) is 0 Å². The zero-order valence-corrected chi connectivity index (χ0v) is 19.4. The van der Waals surface area contributed by atoms with E-state index in [2.05, 4.69) is 53.1 Å². The van der Waals surface area contributed by atoms with E-state index in [0.29, 0.717) is 12.1 Å². The second-order valence-corrected chi connectivity index (χ2v) is 9.69. The SMILES string of the molecule is Cc1cccc(-c2nc3c(s2)CN(C(C)C(Cn2cncn2)c2ccc(F)cc2F)CC3)c1. The lowest BCUT2D eigenvalue weighted by molar-refractivity contribution is 0.157. The summed E-state index contributed by atoms with van der Waals surface area (Å²) in [5.74, 6) is -1.30. The van der Waals surface area contributed by atoms with Gasteiger partial charge in [-0.2, -0.15) is 5.10 Å². The fraction of sp³-hybridized carbons (Fsp3) is 0.320. The minimum absolute atomic E-state index is 0.00632. The molecule has 4 aromatic rings. The van der Waals surface area contributed by atoms with Crippen molar-refractivity contribution < 1.29 is 8.78 Å². The van der Waals surface area contributed by atoms with Gasteiger partial charge in [-0.25, -0.2) is 18.7 Å². The van der Waals surface area contributed by atoms with Crippen LogP contribution in [0.1, 0.15) is 34.5 Å². The number of halogens is 2. The highest BCUT2D eigenvalue weighted by Gasteiger charge is 2.31. The molecule has 0 radical (unpaired) electrons. The third kappa shape index (κ3) is 4.58. The quantitative estimate of drug-likeness (QED) is 0.392. The van der Waals surface area contributed by atoms with E-state index < -0.39 is 11.6 Å². The van der Waals surface area contributed by atoms with Gasteiger partial charge in [0.2, 0.25) is 0 Å². The van der Waals surface area contributed by atoms with E-state index in [1.54, 1.807) is 28.4 Å². The molecule has 0 fully saturated rings. The fourth-order valence-electron chi connectivity index (χ4n) is 4.56. The van der Waals surface area contributed by atoms with E-state index in [0.717, 1.165) is 41.8 Å². The predicted molar refractivity (Wildman–Crippen MR) is 125 cm³/mol. The van der Waals surface area contributed by atoms with Gasteiger partial charge in [-0.15, -0.1) is 11.3 Å². The molecule has 170 valence electrons. The molecule has 1 aliphatic heterocycles. The van der Waals surface area contributed by atoms with Crippen molar-refractivity contribution in [1.82, 2.24) is 24.6 Å². The number of thiazole rings is 1. The lowest BCUT2D eigenvalue weighted by Crippen LogP contribution is -2.42.